The van der Waals surface area contributed by atoms with E-state index < -0.39 is 0 Å². The van der Waals surface area contributed by atoms with Gasteiger partial charge in [0.15, 0.2) is 0 Å². The number of aliphatic hydroxyl groups excluding tert-OH is 1. The number of carbonyl (C=O) groups excluding carboxylic acids is 1. The van der Waals surface area contributed by atoms with E-state index in [4.69, 9.17) is 22.4 Å². The van der Waals surface area contributed by atoms with Crippen LogP contribution in [0, 0.1) is 0 Å². The monoisotopic (exact) mass is 256 g/mol. The molecule has 3 N–H and O–H groups in total. The molecule has 5 heteroatoms. The lowest BCUT2D eigenvalue weighted by Crippen LogP contribution is -2.32. The summed E-state index contributed by atoms with van der Waals surface area (Å²) in [6.07, 6.45) is 0.556. The first-order chi connectivity index (χ1) is 8.10. The summed E-state index contributed by atoms with van der Waals surface area (Å²) in [5, 5.41) is 9.26. The Labute approximate surface area is 106 Å². The molecule has 1 aromatic rings. The van der Waals surface area contributed by atoms with Crippen LogP contribution in [-0.2, 0) is 0 Å². The van der Waals surface area contributed by atoms with E-state index in [1.54, 1.807) is 23.1 Å². The molecule has 0 bridgehead atoms. The lowest BCUT2D eigenvalue weighted by Gasteiger charge is -2.21. The Kier molecular flexibility index (Phi) is 5.25. The second-order valence-corrected chi connectivity index (χ2v) is 4.13. The average molecular weight is 257 g/mol. The third-order valence-electron chi connectivity index (χ3n) is 2.50. The van der Waals surface area contributed by atoms with E-state index in [1.165, 1.54) is 0 Å². The highest BCUT2D eigenvalue weighted by Gasteiger charge is 2.16. The van der Waals surface area contributed by atoms with Crippen LogP contribution in [0.25, 0.3) is 0 Å². The molecule has 0 aromatic heterocycles. The minimum Gasteiger partial charge on any atom is -0.398 e. The second-order valence-electron chi connectivity index (χ2n) is 3.69. The van der Waals surface area contributed by atoms with Crippen molar-refractivity contribution in [1.82, 2.24) is 4.90 Å². The van der Waals surface area contributed by atoms with E-state index in [0.29, 0.717) is 35.8 Å². The lowest BCUT2D eigenvalue weighted by molar-refractivity contribution is 0.0755. The molecule has 1 amide bonds. The van der Waals surface area contributed by atoms with Crippen molar-refractivity contribution in [2.24, 2.45) is 0 Å². The molecule has 17 heavy (non-hydrogen) atoms. The van der Waals surface area contributed by atoms with Crippen LogP contribution in [0.5, 0.6) is 0 Å². The quantitative estimate of drug-likeness (QED) is 0.789. The van der Waals surface area contributed by atoms with E-state index in [9.17, 15) is 4.79 Å². The molecule has 0 saturated heterocycles. The summed E-state index contributed by atoms with van der Waals surface area (Å²) >= 11 is 5.85. The molecule has 94 valence electrons. The molecule has 0 heterocycles. The Morgan fingerprint density at radius 3 is 2.82 bits per heavy atom. The van der Waals surface area contributed by atoms with E-state index in [2.05, 4.69) is 0 Å². The summed E-state index contributed by atoms with van der Waals surface area (Å²) in [7, 11) is 0. The van der Waals surface area contributed by atoms with Gasteiger partial charge in [0.05, 0.1) is 5.56 Å². The fourth-order valence-corrected chi connectivity index (χ4v) is 1.72. The van der Waals surface area contributed by atoms with Crippen molar-refractivity contribution >= 4 is 23.2 Å². The van der Waals surface area contributed by atoms with Gasteiger partial charge in [0, 0.05) is 30.4 Å². The Morgan fingerprint density at radius 1 is 1.53 bits per heavy atom. The summed E-state index contributed by atoms with van der Waals surface area (Å²) in [6.45, 7) is 3.04. The number of hydrogen-bond donors (Lipinski definition) is 2. The minimum atomic E-state index is -0.152. The number of amides is 1. The highest BCUT2D eigenvalue weighted by molar-refractivity contribution is 6.31. The minimum absolute atomic E-state index is 0.0643. The molecule has 1 rings (SSSR count). The van der Waals surface area contributed by atoms with E-state index >= 15 is 0 Å². The van der Waals surface area contributed by atoms with Gasteiger partial charge in [0.25, 0.3) is 5.91 Å². The molecule has 4 nitrogen and oxygen atoms in total. The van der Waals surface area contributed by atoms with Gasteiger partial charge in [-0.2, -0.15) is 0 Å². The number of halogens is 1. The van der Waals surface area contributed by atoms with Crippen molar-refractivity contribution in [3.8, 4) is 0 Å². The van der Waals surface area contributed by atoms with Gasteiger partial charge < -0.3 is 15.7 Å². The molecule has 0 aliphatic rings. The van der Waals surface area contributed by atoms with Gasteiger partial charge in [-0.25, -0.2) is 0 Å². The molecule has 0 spiro atoms. The average Bonchev–Trinajstić information content (AvgIpc) is 2.33. The fourth-order valence-electron chi connectivity index (χ4n) is 1.55. The summed E-state index contributed by atoms with van der Waals surface area (Å²) in [5.74, 6) is -0.152. The SMILES string of the molecule is CCN(CCCO)C(=O)c1cc(Cl)ccc1N. The first kappa shape index (κ1) is 13.8. The van der Waals surface area contributed by atoms with Crippen molar-refractivity contribution < 1.29 is 9.90 Å². The Hall–Kier alpha value is -1.26. The largest absolute Gasteiger partial charge is 0.398 e. The molecule has 0 unspecified atom stereocenters. The van der Waals surface area contributed by atoms with Crippen LogP contribution in [0.2, 0.25) is 5.02 Å². The van der Waals surface area contributed by atoms with Gasteiger partial charge in [-0.1, -0.05) is 11.6 Å². The first-order valence-electron chi connectivity index (χ1n) is 5.55. The van der Waals surface area contributed by atoms with Crippen LogP contribution in [0.1, 0.15) is 23.7 Å². The zero-order valence-electron chi connectivity index (χ0n) is 9.82. The number of aliphatic hydroxyl groups is 1. The maximum atomic E-state index is 12.2. The van der Waals surface area contributed by atoms with E-state index in [1.807, 2.05) is 6.92 Å². The summed E-state index contributed by atoms with van der Waals surface area (Å²) in [5.41, 5.74) is 6.59. The molecular weight excluding hydrogens is 240 g/mol. The highest BCUT2D eigenvalue weighted by Crippen LogP contribution is 2.19. The molecule has 1 aromatic carbocycles. The maximum Gasteiger partial charge on any atom is 0.255 e. The van der Waals surface area contributed by atoms with Crippen LogP contribution in [0.3, 0.4) is 0 Å². The predicted molar refractivity (Wildman–Crippen MR) is 69.1 cm³/mol. The molecular formula is C12H17ClN2O2. The topological polar surface area (TPSA) is 66.6 Å². The van der Waals surface area contributed by atoms with Crippen LogP contribution >= 0.6 is 11.6 Å². The third kappa shape index (κ3) is 3.61. The highest BCUT2D eigenvalue weighted by atomic mass is 35.5. The zero-order valence-corrected chi connectivity index (χ0v) is 10.6. The van der Waals surface area contributed by atoms with Crippen molar-refractivity contribution in [3.05, 3.63) is 28.8 Å². The Bertz CT molecular complexity index is 396. The molecule has 0 atom stereocenters. The van der Waals surface area contributed by atoms with Crippen molar-refractivity contribution in [1.29, 1.82) is 0 Å². The number of anilines is 1. The number of nitrogen functional groups attached to an aromatic ring is 1. The number of nitrogens with zero attached hydrogens (tertiary/aromatic N) is 1. The second kappa shape index (κ2) is 6.47. The summed E-state index contributed by atoms with van der Waals surface area (Å²) < 4.78 is 0. The van der Waals surface area contributed by atoms with Crippen molar-refractivity contribution in [2.75, 3.05) is 25.4 Å². The van der Waals surface area contributed by atoms with Gasteiger partial charge in [0.1, 0.15) is 0 Å². The zero-order chi connectivity index (χ0) is 12.8. The normalized spacial score (nSPS) is 10.3. The number of rotatable bonds is 5. The van der Waals surface area contributed by atoms with Crippen LogP contribution < -0.4 is 5.73 Å². The first-order valence-corrected chi connectivity index (χ1v) is 5.93. The van der Waals surface area contributed by atoms with E-state index in [0.717, 1.165) is 0 Å². The number of carbonyl (C=O) groups is 1. The van der Waals surface area contributed by atoms with Gasteiger partial charge in [-0.3, -0.25) is 4.79 Å². The standard InChI is InChI=1S/C12H17ClN2O2/c1-2-15(6-3-7-16)12(17)10-8-9(13)4-5-11(10)14/h4-5,8,16H,2-3,6-7,14H2,1H3. The Morgan fingerprint density at radius 2 is 2.24 bits per heavy atom. The van der Waals surface area contributed by atoms with Gasteiger partial charge in [-0.15, -0.1) is 0 Å². The molecule has 0 aliphatic heterocycles. The van der Waals surface area contributed by atoms with Crippen LogP contribution in [-0.4, -0.2) is 35.6 Å². The van der Waals surface area contributed by atoms with Crippen molar-refractivity contribution in [2.45, 2.75) is 13.3 Å². The molecule has 0 saturated carbocycles. The fraction of sp³-hybridized carbons (Fsp3) is 0.417. The van der Waals surface area contributed by atoms with Gasteiger partial charge in [0.2, 0.25) is 0 Å². The number of hydrogen-bond acceptors (Lipinski definition) is 3. The van der Waals surface area contributed by atoms with Gasteiger partial charge in [-0.05, 0) is 31.5 Å². The van der Waals surface area contributed by atoms with Crippen molar-refractivity contribution in [3.63, 3.8) is 0 Å². The lowest BCUT2D eigenvalue weighted by atomic mass is 10.1. The summed E-state index contributed by atoms with van der Waals surface area (Å²) in [6, 6.07) is 4.84. The third-order valence-corrected chi connectivity index (χ3v) is 2.74. The maximum absolute atomic E-state index is 12.2. The van der Waals surface area contributed by atoms with E-state index in [-0.39, 0.29) is 12.5 Å². The van der Waals surface area contributed by atoms with Crippen LogP contribution in [0.4, 0.5) is 5.69 Å². The number of benzene rings is 1. The molecule has 0 aliphatic carbocycles. The Balaban J connectivity index is 2.89. The molecule has 0 fully saturated rings. The predicted octanol–water partition coefficient (Wildman–Crippen LogP) is 1.77. The van der Waals surface area contributed by atoms with Crippen LogP contribution in [0.15, 0.2) is 18.2 Å². The summed E-state index contributed by atoms with van der Waals surface area (Å²) in [4.78, 5) is 13.8. The molecule has 0 radical (unpaired) electrons. The smallest absolute Gasteiger partial charge is 0.255 e. The van der Waals surface area contributed by atoms with Gasteiger partial charge >= 0.3 is 0 Å². The number of nitrogens with two attached hydrogens (primary N) is 1.